The second-order valence-corrected chi connectivity index (χ2v) is 7.15. The third kappa shape index (κ3) is 4.76. The number of aryl methyl sites for hydroxylation is 2. The molecule has 0 spiro atoms. The zero-order valence-corrected chi connectivity index (χ0v) is 16.5. The molecule has 0 aliphatic heterocycles. The van der Waals surface area contributed by atoms with Gasteiger partial charge in [-0.05, 0) is 44.2 Å². The number of amides is 1. The van der Waals surface area contributed by atoms with Crippen molar-refractivity contribution in [2.24, 2.45) is 0 Å². The van der Waals surface area contributed by atoms with Crippen molar-refractivity contribution in [2.45, 2.75) is 31.8 Å². The van der Waals surface area contributed by atoms with E-state index in [2.05, 4.69) is 15.3 Å². The number of halogens is 3. The van der Waals surface area contributed by atoms with Gasteiger partial charge in [-0.1, -0.05) is 46.6 Å². The number of carbonyl (C=O) groups is 1. The number of benzene rings is 1. The van der Waals surface area contributed by atoms with Crippen LogP contribution in [0.3, 0.4) is 0 Å². The first-order valence-electron chi connectivity index (χ1n) is 7.14. The molecule has 2 rings (SSSR count). The standard InChI is InChI=1S/C16H16Cl3N3OS/c1-8-10(9(2)21-16(20-8)24-3)4-5-15(23)22-14-7-12(18)11(17)6-13(14)19/h6-7H,4-5H2,1-3H3,(H,22,23). The average molecular weight is 405 g/mol. The van der Waals surface area contributed by atoms with Crippen LogP contribution in [0.4, 0.5) is 5.69 Å². The number of hydrogen-bond acceptors (Lipinski definition) is 4. The fraction of sp³-hybridized carbons (Fsp3) is 0.312. The molecule has 0 bridgehead atoms. The molecule has 0 aliphatic carbocycles. The van der Waals surface area contributed by atoms with E-state index in [0.717, 1.165) is 22.1 Å². The van der Waals surface area contributed by atoms with E-state index in [-0.39, 0.29) is 5.91 Å². The molecule has 0 saturated heterocycles. The molecule has 0 fully saturated rings. The second-order valence-electron chi connectivity index (χ2n) is 5.15. The summed E-state index contributed by atoms with van der Waals surface area (Å²) in [5, 5.41) is 4.51. The van der Waals surface area contributed by atoms with E-state index < -0.39 is 0 Å². The number of hydrogen-bond donors (Lipinski definition) is 1. The third-order valence-electron chi connectivity index (χ3n) is 3.47. The van der Waals surface area contributed by atoms with Gasteiger partial charge in [0.25, 0.3) is 0 Å². The monoisotopic (exact) mass is 403 g/mol. The van der Waals surface area contributed by atoms with Crippen molar-refractivity contribution in [2.75, 3.05) is 11.6 Å². The molecule has 0 saturated carbocycles. The van der Waals surface area contributed by atoms with Gasteiger partial charge in [0.2, 0.25) is 5.91 Å². The van der Waals surface area contributed by atoms with Gasteiger partial charge in [0.1, 0.15) is 0 Å². The Hall–Kier alpha value is -1.01. The molecule has 1 aromatic carbocycles. The number of carbonyl (C=O) groups excluding carboxylic acids is 1. The highest BCUT2D eigenvalue weighted by Crippen LogP contribution is 2.32. The topological polar surface area (TPSA) is 54.9 Å². The van der Waals surface area contributed by atoms with E-state index in [0.29, 0.717) is 33.6 Å². The smallest absolute Gasteiger partial charge is 0.224 e. The largest absolute Gasteiger partial charge is 0.325 e. The molecule has 0 aliphatic rings. The van der Waals surface area contributed by atoms with E-state index >= 15 is 0 Å². The Labute approximate surface area is 160 Å². The summed E-state index contributed by atoms with van der Waals surface area (Å²) in [4.78, 5) is 21.0. The second kappa shape index (κ2) is 8.39. The first kappa shape index (κ1) is 19.3. The van der Waals surface area contributed by atoms with Crippen LogP contribution in [0.1, 0.15) is 23.4 Å². The van der Waals surface area contributed by atoms with Crippen LogP contribution in [0.15, 0.2) is 17.3 Å². The molecule has 0 atom stereocenters. The predicted molar refractivity (Wildman–Crippen MR) is 102 cm³/mol. The van der Waals surface area contributed by atoms with Gasteiger partial charge in [0.05, 0.1) is 20.8 Å². The van der Waals surface area contributed by atoms with Crippen molar-refractivity contribution in [1.82, 2.24) is 9.97 Å². The molecular weight excluding hydrogens is 389 g/mol. The Morgan fingerprint density at radius 3 is 2.25 bits per heavy atom. The molecule has 4 nitrogen and oxygen atoms in total. The van der Waals surface area contributed by atoms with E-state index in [9.17, 15) is 4.79 Å². The lowest BCUT2D eigenvalue weighted by atomic mass is 10.1. The summed E-state index contributed by atoms with van der Waals surface area (Å²) < 4.78 is 0. The number of nitrogens with one attached hydrogen (secondary N) is 1. The summed E-state index contributed by atoms with van der Waals surface area (Å²) in [6.07, 6.45) is 2.78. The van der Waals surface area contributed by atoms with E-state index in [1.54, 1.807) is 0 Å². The van der Waals surface area contributed by atoms with Crippen molar-refractivity contribution in [3.8, 4) is 0 Å². The van der Waals surface area contributed by atoms with Crippen molar-refractivity contribution in [1.29, 1.82) is 0 Å². The Kier molecular flexibility index (Phi) is 6.75. The Morgan fingerprint density at radius 2 is 1.67 bits per heavy atom. The lowest BCUT2D eigenvalue weighted by Crippen LogP contribution is -2.14. The first-order chi connectivity index (χ1) is 11.3. The average Bonchev–Trinajstić information content (AvgIpc) is 2.51. The maximum absolute atomic E-state index is 12.2. The Balaban J connectivity index is 2.05. The number of rotatable bonds is 5. The molecule has 128 valence electrons. The van der Waals surface area contributed by atoms with Gasteiger partial charge >= 0.3 is 0 Å². The molecule has 1 amide bonds. The van der Waals surface area contributed by atoms with Crippen LogP contribution in [0.2, 0.25) is 15.1 Å². The highest BCUT2D eigenvalue weighted by Gasteiger charge is 2.13. The quantitative estimate of drug-likeness (QED) is 0.415. The lowest BCUT2D eigenvalue weighted by molar-refractivity contribution is -0.116. The van der Waals surface area contributed by atoms with Crippen LogP contribution < -0.4 is 5.32 Å². The van der Waals surface area contributed by atoms with Gasteiger partial charge in [-0.15, -0.1) is 0 Å². The minimum atomic E-state index is -0.164. The summed E-state index contributed by atoms with van der Waals surface area (Å²) in [7, 11) is 0. The summed E-state index contributed by atoms with van der Waals surface area (Å²) in [5.41, 5.74) is 3.22. The third-order valence-corrected chi connectivity index (χ3v) is 5.05. The molecule has 0 unspecified atom stereocenters. The van der Waals surface area contributed by atoms with Crippen LogP contribution in [-0.2, 0) is 11.2 Å². The molecule has 1 aromatic heterocycles. The van der Waals surface area contributed by atoms with Crippen LogP contribution >= 0.6 is 46.6 Å². The minimum absolute atomic E-state index is 0.164. The van der Waals surface area contributed by atoms with Gasteiger partial charge in [-0.25, -0.2) is 9.97 Å². The van der Waals surface area contributed by atoms with Gasteiger partial charge in [-0.2, -0.15) is 0 Å². The number of thioether (sulfide) groups is 1. The van der Waals surface area contributed by atoms with Crippen molar-refractivity contribution >= 4 is 58.2 Å². The molecule has 1 heterocycles. The number of nitrogens with zero attached hydrogens (tertiary/aromatic N) is 2. The summed E-state index contributed by atoms with van der Waals surface area (Å²) in [5.74, 6) is -0.164. The van der Waals surface area contributed by atoms with Gasteiger partial charge < -0.3 is 5.32 Å². The minimum Gasteiger partial charge on any atom is -0.325 e. The molecule has 8 heteroatoms. The summed E-state index contributed by atoms with van der Waals surface area (Å²) in [6, 6.07) is 3.04. The van der Waals surface area contributed by atoms with Gasteiger partial charge in [0, 0.05) is 17.8 Å². The maximum Gasteiger partial charge on any atom is 0.224 e. The van der Waals surface area contributed by atoms with Gasteiger partial charge in [-0.3, -0.25) is 4.79 Å². The predicted octanol–water partition coefficient (Wildman–Crippen LogP) is 5.35. The molecule has 2 aromatic rings. The number of aromatic nitrogens is 2. The fourth-order valence-corrected chi connectivity index (χ4v) is 3.28. The van der Waals surface area contributed by atoms with Crippen LogP contribution in [-0.4, -0.2) is 22.1 Å². The maximum atomic E-state index is 12.2. The summed E-state index contributed by atoms with van der Waals surface area (Å²) >= 11 is 19.4. The van der Waals surface area contributed by atoms with Crippen LogP contribution in [0, 0.1) is 13.8 Å². The first-order valence-corrected chi connectivity index (χ1v) is 9.50. The zero-order chi connectivity index (χ0) is 17.9. The van der Waals surface area contributed by atoms with E-state index in [1.165, 1.54) is 23.9 Å². The number of anilines is 1. The van der Waals surface area contributed by atoms with E-state index in [4.69, 9.17) is 34.8 Å². The summed E-state index contributed by atoms with van der Waals surface area (Å²) in [6.45, 7) is 3.86. The fourth-order valence-electron chi connectivity index (χ4n) is 2.23. The molecule has 24 heavy (non-hydrogen) atoms. The van der Waals surface area contributed by atoms with Gasteiger partial charge in [0.15, 0.2) is 5.16 Å². The highest BCUT2D eigenvalue weighted by molar-refractivity contribution is 7.98. The van der Waals surface area contributed by atoms with Crippen molar-refractivity contribution in [3.63, 3.8) is 0 Å². The van der Waals surface area contributed by atoms with Crippen LogP contribution in [0.25, 0.3) is 0 Å². The normalized spacial score (nSPS) is 10.8. The molecule has 0 radical (unpaired) electrons. The highest BCUT2D eigenvalue weighted by atomic mass is 35.5. The van der Waals surface area contributed by atoms with Crippen molar-refractivity contribution < 1.29 is 4.79 Å². The Morgan fingerprint density at radius 1 is 1.08 bits per heavy atom. The van der Waals surface area contributed by atoms with Crippen molar-refractivity contribution in [3.05, 3.63) is 44.2 Å². The molecule has 1 N–H and O–H groups in total. The zero-order valence-electron chi connectivity index (χ0n) is 13.4. The Bertz CT molecular complexity index is 760. The molecular formula is C16H16Cl3N3OS. The SMILES string of the molecule is CSc1nc(C)c(CCC(=O)Nc2cc(Cl)c(Cl)cc2Cl)c(C)n1. The lowest BCUT2D eigenvalue weighted by Gasteiger charge is -2.11. The van der Waals surface area contributed by atoms with Crippen LogP contribution in [0.5, 0.6) is 0 Å². The van der Waals surface area contributed by atoms with E-state index in [1.807, 2.05) is 20.1 Å².